The fourth-order valence-corrected chi connectivity index (χ4v) is 3.06. The summed E-state index contributed by atoms with van der Waals surface area (Å²) in [5, 5.41) is 2.38. The zero-order valence-corrected chi connectivity index (χ0v) is 12.2. The van der Waals surface area contributed by atoms with Crippen LogP contribution in [0.15, 0.2) is 70.8 Å². The minimum Gasteiger partial charge on any atom is -0.456 e. The molecule has 2 heterocycles. The van der Waals surface area contributed by atoms with Gasteiger partial charge in [0.25, 0.3) is 0 Å². The summed E-state index contributed by atoms with van der Waals surface area (Å²) >= 11 is 0. The van der Waals surface area contributed by atoms with Gasteiger partial charge in [0, 0.05) is 23.4 Å². The summed E-state index contributed by atoms with van der Waals surface area (Å²) in [6.45, 7) is 2.13. The average Bonchev–Trinajstić information content (AvgIpc) is 2.88. The zero-order chi connectivity index (χ0) is 14.4. The maximum atomic E-state index is 6.14. The highest BCUT2D eigenvalue weighted by Gasteiger charge is 2.20. The van der Waals surface area contributed by atoms with E-state index in [1.54, 1.807) is 0 Å². The predicted molar refractivity (Wildman–Crippen MR) is 87.1 cm³/mol. The van der Waals surface area contributed by atoms with Gasteiger partial charge in [0.2, 0.25) is 0 Å². The van der Waals surface area contributed by atoms with Gasteiger partial charge in [-0.1, -0.05) is 48.0 Å². The van der Waals surface area contributed by atoms with Crippen LogP contribution < -0.4 is 0 Å². The van der Waals surface area contributed by atoms with Crippen LogP contribution in [0.4, 0.5) is 0 Å². The van der Waals surface area contributed by atoms with Gasteiger partial charge in [-0.3, -0.25) is 0 Å². The van der Waals surface area contributed by atoms with Crippen LogP contribution in [0.5, 0.6) is 0 Å². The highest BCUT2D eigenvalue weighted by atomic mass is 16.3. The van der Waals surface area contributed by atoms with Gasteiger partial charge < -0.3 is 9.32 Å². The quantitative estimate of drug-likeness (QED) is 0.619. The van der Waals surface area contributed by atoms with E-state index in [1.807, 2.05) is 12.1 Å². The van der Waals surface area contributed by atoms with E-state index in [-0.39, 0.29) is 6.04 Å². The lowest BCUT2D eigenvalue weighted by molar-refractivity contribution is 0.387. The molecular weight excluding hydrogens is 258 g/mol. The van der Waals surface area contributed by atoms with Crippen molar-refractivity contribution in [2.45, 2.75) is 13.0 Å². The number of allylic oxidation sites excluding steroid dienone is 2. The largest absolute Gasteiger partial charge is 0.456 e. The fourth-order valence-electron chi connectivity index (χ4n) is 3.06. The van der Waals surface area contributed by atoms with Gasteiger partial charge in [0.1, 0.15) is 11.2 Å². The van der Waals surface area contributed by atoms with E-state index in [4.69, 9.17) is 4.42 Å². The number of nitrogens with zero attached hydrogens (tertiary/aromatic N) is 1. The normalized spacial score (nSPS) is 18.5. The maximum absolute atomic E-state index is 6.14. The lowest BCUT2D eigenvalue weighted by Gasteiger charge is -2.28. The summed E-state index contributed by atoms with van der Waals surface area (Å²) in [5.41, 5.74) is 4.45. The van der Waals surface area contributed by atoms with Crippen LogP contribution >= 0.6 is 0 Å². The number of fused-ring (bicyclic) bond motifs is 3. The molecule has 21 heavy (non-hydrogen) atoms. The molecule has 2 heteroatoms. The molecule has 1 aliphatic heterocycles. The zero-order valence-electron chi connectivity index (χ0n) is 12.2. The van der Waals surface area contributed by atoms with Gasteiger partial charge >= 0.3 is 0 Å². The molecule has 0 bridgehead atoms. The summed E-state index contributed by atoms with van der Waals surface area (Å²) in [7, 11) is 2.10. The summed E-state index contributed by atoms with van der Waals surface area (Å²) in [4.78, 5) is 2.22. The molecule has 1 aliphatic rings. The van der Waals surface area contributed by atoms with E-state index in [1.165, 1.54) is 21.9 Å². The molecule has 0 saturated heterocycles. The van der Waals surface area contributed by atoms with Gasteiger partial charge in [-0.15, -0.1) is 0 Å². The van der Waals surface area contributed by atoms with Crippen LogP contribution in [-0.2, 0) is 0 Å². The molecule has 1 unspecified atom stereocenters. The Kier molecular flexibility index (Phi) is 2.64. The van der Waals surface area contributed by atoms with Crippen molar-refractivity contribution in [1.29, 1.82) is 0 Å². The van der Waals surface area contributed by atoms with Crippen molar-refractivity contribution in [3.8, 4) is 0 Å². The fraction of sp³-hybridized carbons (Fsp3) is 0.158. The number of para-hydroxylation sites is 2. The Hall–Kier alpha value is -2.48. The number of rotatable bonds is 1. The van der Waals surface area contributed by atoms with Crippen LogP contribution in [0.25, 0.3) is 21.9 Å². The SMILES string of the molecule is CC1=CC(c2cccc3c2oc2ccccc23)N(C)C=C1. The molecule has 104 valence electrons. The minimum atomic E-state index is 0.222. The van der Waals surface area contributed by atoms with Crippen molar-refractivity contribution in [2.24, 2.45) is 0 Å². The summed E-state index contributed by atoms with van der Waals surface area (Å²) < 4.78 is 6.14. The number of furan rings is 1. The first-order valence-electron chi connectivity index (χ1n) is 7.23. The van der Waals surface area contributed by atoms with Gasteiger partial charge in [-0.2, -0.15) is 0 Å². The summed E-state index contributed by atoms with van der Waals surface area (Å²) in [6, 6.07) is 14.9. The number of benzene rings is 2. The Morgan fingerprint density at radius 3 is 2.71 bits per heavy atom. The lowest BCUT2D eigenvalue weighted by atomic mass is 9.98. The molecule has 0 N–H and O–H groups in total. The second-order valence-corrected chi connectivity index (χ2v) is 5.66. The number of likely N-dealkylation sites (N-methyl/N-ethyl adjacent to an activating group) is 1. The monoisotopic (exact) mass is 275 g/mol. The summed E-state index contributed by atoms with van der Waals surface area (Å²) in [6.07, 6.45) is 6.54. The van der Waals surface area contributed by atoms with Crippen LogP contribution in [-0.4, -0.2) is 11.9 Å². The van der Waals surface area contributed by atoms with Crippen molar-refractivity contribution in [3.05, 3.63) is 72.0 Å². The highest BCUT2D eigenvalue weighted by molar-refractivity contribution is 6.05. The second-order valence-electron chi connectivity index (χ2n) is 5.66. The first-order valence-corrected chi connectivity index (χ1v) is 7.23. The van der Waals surface area contributed by atoms with E-state index in [0.29, 0.717) is 0 Å². The van der Waals surface area contributed by atoms with Crippen molar-refractivity contribution < 1.29 is 4.42 Å². The lowest BCUT2D eigenvalue weighted by Crippen LogP contribution is -2.19. The van der Waals surface area contributed by atoms with E-state index in [2.05, 4.69) is 67.6 Å². The first-order chi connectivity index (χ1) is 10.2. The smallest absolute Gasteiger partial charge is 0.141 e. The molecule has 0 radical (unpaired) electrons. The van der Waals surface area contributed by atoms with E-state index < -0.39 is 0 Å². The first kappa shape index (κ1) is 12.3. The maximum Gasteiger partial charge on any atom is 0.141 e. The predicted octanol–water partition coefficient (Wildman–Crippen LogP) is 5.03. The molecule has 0 amide bonds. The second kappa shape index (κ2) is 4.52. The molecule has 0 saturated carbocycles. The van der Waals surface area contributed by atoms with Crippen LogP contribution in [0, 0.1) is 0 Å². The number of hydrogen-bond donors (Lipinski definition) is 0. The molecule has 0 spiro atoms. The molecule has 1 atom stereocenters. The third-order valence-corrected chi connectivity index (χ3v) is 4.19. The molecule has 2 nitrogen and oxygen atoms in total. The third kappa shape index (κ3) is 1.87. The molecule has 2 aromatic carbocycles. The van der Waals surface area contributed by atoms with Crippen LogP contribution in [0.1, 0.15) is 18.5 Å². The Morgan fingerprint density at radius 2 is 1.81 bits per heavy atom. The Labute approximate surface area is 124 Å². The van der Waals surface area contributed by atoms with Crippen molar-refractivity contribution in [1.82, 2.24) is 4.90 Å². The van der Waals surface area contributed by atoms with Crippen molar-refractivity contribution >= 4 is 21.9 Å². The molecule has 3 aromatic rings. The van der Waals surface area contributed by atoms with E-state index >= 15 is 0 Å². The Morgan fingerprint density at radius 1 is 1.00 bits per heavy atom. The molecule has 1 aromatic heterocycles. The topological polar surface area (TPSA) is 16.4 Å². The van der Waals surface area contributed by atoms with E-state index in [0.717, 1.165) is 11.2 Å². The third-order valence-electron chi connectivity index (χ3n) is 4.19. The standard InChI is InChI=1S/C19H17NO/c1-13-10-11-20(2)17(12-13)16-8-5-7-15-14-6-3-4-9-18(14)21-19(15)16/h3-12,17H,1-2H3. The van der Waals surface area contributed by atoms with Gasteiger partial charge in [0.05, 0.1) is 6.04 Å². The highest BCUT2D eigenvalue weighted by Crippen LogP contribution is 2.36. The molecule has 0 aliphatic carbocycles. The van der Waals surface area contributed by atoms with E-state index in [9.17, 15) is 0 Å². The number of hydrogen-bond acceptors (Lipinski definition) is 2. The van der Waals surface area contributed by atoms with Gasteiger partial charge in [-0.05, 0) is 25.3 Å². The molecule has 0 fully saturated rings. The molecule has 4 rings (SSSR count). The van der Waals surface area contributed by atoms with Crippen LogP contribution in [0.3, 0.4) is 0 Å². The van der Waals surface area contributed by atoms with Gasteiger partial charge in [0.15, 0.2) is 0 Å². The summed E-state index contributed by atoms with van der Waals surface area (Å²) in [5.74, 6) is 0. The van der Waals surface area contributed by atoms with Crippen molar-refractivity contribution in [3.63, 3.8) is 0 Å². The van der Waals surface area contributed by atoms with Crippen molar-refractivity contribution in [2.75, 3.05) is 7.05 Å². The Bertz CT molecular complexity index is 885. The minimum absolute atomic E-state index is 0.222. The Balaban J connectivity index is 1.99. The average molecular weight is 275 g/mol. The molecular formula is C19H17NO. The van der Waals surface area contributed by atoms with Gasteiger partial charge in [-0.25, -0.2) is 0 Å². The van der Waals surface area contributed by atoms with Crippen LogP contribution in [0.2, 0.25) is 0 Å².